The molecule has 7 heteroatoms. The molecule has 0 atom stereocenters. The van der Waals surface area contributed by atoms with Crippen LogP contribution in [0.5, 0.6) is 0 Å². The summed E-state index contributed by atoms with van der Waals surface area (Å²) in [5.41, 5.74) is 16.4. The number of hydrogen-bond acceptors (Lipinski definition) is 4. The fraction of sp³-hybridized carbons (Fsp3) is 0.0133. The molecule has 1 aliphatic heterocycles. The quantitative estimate of drug-likeness (QED) is 0.166. The van der Waals surface area contributed by atoms with Gasteiger partial charge in [-0.15, -0.1) is 0 Å². The summed E-state index contributed by atoms with van der Waals surface area (Å²) in [6.07, 6.45) is 0. The third-order valence-corrected chi connectivity index (χ3v) is 17.6. The van der Waals surface area contributed by atoms with Crippen molar-refractivity contribution >= 4 is 121 Å². The van der Waals surface area contributed by atoms with E-state index in [1.807, 2.05) is 60.7 Å². The van der Waals surface area contributed by atoms with Crippen molar-refractivity contribution < 1.29 is 17.6 Å². The van der Waals surface area contributed by atoms with E-state index >= 15 is 8.78 Å². The first-order valence-corrected chi connectivity index (χ1v) is 27.7. The molecule has 0 N–H and O–H groups in total. The van der Waals surface area contributed by atoms with Gasteiger partial charge in [0, 0.05) is 55.1 Å². The van der Waals surface area contributed by atoms with Crippen LogP contribution in [0.15, 0.2) is 270 Å². The molecule has 0 unspecified atom stereocenters. The van der Waals surface area contributed by atoms with Crippen molar-refractivity contribution in [1.29, 1.82) is 0 Å². The van der Waals surface area contributed by atoms with Gasteiger partial charge in [0.05, 0.1) is 33.5 Å². The van der Waals surface area contributed by atoms with Crippen LogP contribution >= 0.6 is 0 Å². The Bertz CT molecular complexity index is 5320. The molecule has 4 heterocycles. The van der Waals surface area contributed by atoms with Crippen molar-refractivity contribution in [2.75, 3.05) is 9.80 Å². The molecule has 0 fully saturated rings. The number of furan rings is 2. The maximum absolute atomic E-state index is 15.9. The SMILES string of the molecule is Fc1cccc2c1oc1c(N(c3ccccc3)c3ccc4c(c3)c3cc(N(c5ccccc5)c5cccc6c5oc5c(F)cccc56)cc5c3n4-c3ccccc3C53c4ccc5ccccc5c4-c4c3ccc3ccccc43)cccc12. The zero-order valence-electron chi connectivity index (χ0n) is 43.7. The molecule has 1 aliphatic carbocycles. The molecule has 0 amide bonds. The fourth-order valence-corrected chi connectivity index (χ4v) is 14.4. The lowest BCUT2D eigenvalue weighted by atomic mass is 9.65. The highest BCUT2D eigenvalue weighted by atomic mass is 19.1. The second kappa shape index (κ2) is 16.6. The molecule has 18 rings (SSSR count). The summed E-state index contributed by atoms with van der Waals surface area (Å²) in [5.74, 6) is -0.815. The average Bonchev–Trinajstić information content (AvgIpc) is 1.71. The van der Waals surface area contributed by atoms with Crippen molar-refractivity contribution in [2.45, 2.75) is 5.41 Å². The van der Waals surface area contributed by atoms with Gasteiger partial charge in [-0.25, -0.2) is 8.78 Å². The van der Waals surface area contributed by atoms with Gasteiger partial charge in [-0.3, -0.25) is 0 Å². The summed E-state index contributed by atoms with van der Waals surface area (Å²) in [6.45, 7) is 0. The number of halogens is 2. The maximum Gasteiger partial charge on any atom is 0.171 e. The number of aromatic nitrogens is 1. The molecule has 13 aromatic carbocycles. The zero-order valence-corrected chi connectivity index (χ0v) is 43.7. The smallest absolute Gasteiger partial charge is 0.171 e. The summed E-state index contributed by atoms with van der Waals surface area (Å²) in [6, 6.07) is 90.7. The summed E-state index contributed by atoms with van der Waals surface area (Å²) in [4.78, 5) is 4.51. The lowest BCUT2D eigenvalue weighted by Gasteiger charge is -2.40. The third kappa shape index (κ3) is 5.93. The lowest BCUT2D eigenvalue weighted by Crippen LogP contribution is -2.33. The Morgan fingerprint density at radius 1 is 0.317 bits per heavy atom. The Hall–Kier alpha value is -10.8. The third-order valence-electron chi connectivity index (χ3n) is 17.6. The van der Waals surface area contributed by atoms with E-state index in [2.05, 4.69) is 190 Å². The Labute approximate surface area is 467 Å². The van der Waals surface area contributed by atoms with E-state index in [1.54, 1.807) is 12.1 Å². The number of benzene rings is 13. The number of para-hydroxylation sites is 7. The zero-order chi connectivity index (χ0) is 53.9. The van der Waals surface area contributed by atoms with Crippen LogP contribution in [-0.4, -0.2) is 4.57 Å². The topological polar surface area (TPSA) is 37.7 Å². The standard InChI is InChI=1S/C75H43F2N3O2/c76-62-30-13-25-52-54-27-15-33-66(73(54)81-71(52)62)78(46-19-3-1-4-20-46)48-37-40-64-56(41-48)57-42-49(79(47-21-5-2-6-22-47)67-34-16-28-55-53-26-14-31-63(77)72(53)82-74(55)67)43-61-70(57)80(64)65-32-12-11-29-58(65)75(61)59-38-35-44-17-7-9-23-50(44)68(59)69-51-24-10-8-18-45(51)36-39-60(69)75/h1-43H. The number of hydrogen-bond donors (Lipinski definition) is 0. The van der Waals surface area contributed by atoms with Crippen molar-refractivity contribution in [3.8, 4) is 16.8 Å². The fourth-order valence-electron chi connectivity index (χ4n) is 14.4. The van der Waals surface area contributed by atoms with Crippen molar-refractivity contribution in [3.05, 3.63) is 295 Å². The average molecular weight is 1060 g/mol. The summed E-state index contributed by atoms with van der Waals surface area (Å²) in [7, 11) is 0. The Balaban J connectivity index is 1.01. The molecule has 82 heavy (non-hydrogen) atoms. The number of rotatable bonds is 6. The van der Waals surface area contributed by atoms with Crippen LogP contribution in [0.25, 0.3) is 104 Å². The summed E-state index contributed by atoms with van der Waals surface area (Å²) in [5, 5.41) is 9.91. The van der Waals surface area contributed by atoms with Crippen LogP contribution in [0, 0.1) is 11.6 Å². The van der Waals surface area contributed by atoms with Crippen LogP contribution in [0.2, 0.25) is 0 Å². The molecule has 384 valence electrons. The van der Waals surface area contributed by atoms with Gasteiger partial charge in [0.15, 0.2) is 34.0 Å². The minimum atomic E-state index is -0.837. The second-order valence-electron chi connectivity index (χ2n) is 21.7. The first-order valence-electron chi connectivity index (χ1n) is 27.7. The van der Waals surface area contributed by atoms with Crippen molar-refractivity contribution in [1.82, 2.24) is 4.57 Å². The number of fused-ring (bicyclic) bond motifs is 22. The highest BCUT2D eigenvalue weighted by Crippen LogP contribution is 2.64. The van der Waals surface area contributed by atoms with Crippen LogP contribution in [-0.2, 0) is 5.41 Å². The molecular formula is C75H43F2N3O2. The van der Waals surface area contributed by atoms with E-state index in [4.69, 9.17) is 8.83 Å². The van der Waals surface area contributed by atoms with Gasteiger partial charge < -0.3 is 23.2 Å². The molecule has 0 saturated heterocycles. The molecule has 0 bridgehead atoms. The summed E-state index contributed by atoms with van der Waals surface area (Å²) >= 11 is 0. The molecule has 0 saturated carbocycles. The normalized spacial score (nSPS) is 13.1. The second-order valence-corrected chi connectivity index (χ2v) is 21.7. The van der Waals surface area contributed by atoms with E-state index < -0.39 is 17.0 Å². The first-order chi connectivity index (χ1) is 40.5. The van der Waals surface area contributed by atoms with Gasteiger partial charge in [0.25, 0.3) is 0 Å². The van der Waals surface area contributed by atoms with Gasteiger partial charge in [-0.1, -0.05) is 176 Å². The van der Waals surface area contributed by atoms with E-state index in [9.17, 15) is 0 Å². The van der Waals surface area contributed by atoms with Gasteiger partial charge >= 0.3 is 0 Å². The molecule has 0 radical (unpaired) electrons. The monoisotopic (exact) mass is 1060 g/mol. The van der Waals surface area contributed by atoms with E-state index in [0.29, 0.717) is 16.6 Å². The largest absolute Gasteiger partial charge is 0.451 e. The molecule has 16 aromatic rings. The molecular weight excluding hydrogens is 1010 g/mol. The maximum atomic E-state index is 15.9. The molecule has 3 aromatic heterocycles. The highest BCUT2D eigenvalue weighted by molar-refractivity contribution is 6.19. The van der Waals surface area contributed by atoms with Gasteiger partial charge in [0.1, 0.15) is 0 Å². The van der Waals surface area contributed by atoms with E-state index in [-0.39, 0.29) is 11.2 Å². The van der Waals surface area contributed by atoms with Crippen molar-refractivity contribution in [2.24, 2.45) is 0 Å². The van der Waals surface area contributed by atoms with E-state index in [0.717, 1.165) is 83.3 Å². The lowest BCUT2D eigenvalue weighted by molar-refractivity contribution is 0.584. The van der Waals surface area contributed by atoms with Crippen LogP contribution < -0.4 is 9.80 Å². The minimum Gasteiger partial charge on any atom is -0.451 e. The number of anilines is 6. The Morgan fingerprint density at radius 3 is 1.38 bits per heavy atom. The highest BCUT2D eigenvalue weighted by Gasteiger charge is 2.52. The predicted molar refractivity (Wildman–Crippen MR) is 330 cm³/mol. The molecule has 5 nitrogen and oxygen atoms in total. The van der Waals surface area contributed by atoms with Crippen molar-refractivity contribution in [3.63, 3.8) is 0 Å². The Kier molecular flexibility index (Phi) is 9.16. The van der Waals surface area contributed by atoms with Gasteiger partial charge in [-0.2, -0.15) is 0 Å². The van der Waals surface area contributed by atoms with Gasteiger partial charge in [0.2, 0.25) is 0 Å². The summed E-state index contributed by atoms with van der Waals surface area (Å²) < 4.78 is 47.3. The van der Waals surface area contributed by atoms with Crippen LogP contribution in [0.4, 0.5) is 42.9 Å². The van der Waals surface area contributed by atoms with E-state index in [1.165, 1.54) is 61.5 Å². The number of nitrogens with zero attached hydrogens (tertiary/aromatic N) is 3. The minimum absolute atomic E-state index is 0.222. The van der Waals surface area contributed by atoms with Crippen LogP contribution in [0.3, 0.4) is 0 Å². The van der Waals surface area contributed by atoms with Crippen LogP contribution in [0.1, 0.15) is 22.3 Å². The molecule has 2 aliphatic rings. The Morgan fingerprint density at radius 2 is 0.793 bits per heavy atom. The van der Waals surface area contributed by atoms with Gasteiger partial charge in [-0.05, 0) is 140 Å². The predicted octanol–water partition coefficient (Wildman–Crippen LogP) is 20.8. The molecule has 1 spiro atoms. The first kappa shape index (κ1) is 45.1.